The molecule has 1 fully saturated rings. The van der Waals surface area contributed by atoms with Crippen molar-refractivity contribution in [3.8, 4) is 5.82 Å². The second kappa shape index (κ2) is 4.57. The van der Waals surface area contributed by atoms with Crippen molar-refractivity contribution in [2.24, 2.45) is 0 Å². The van der Waals surface area contributed by atoms with Crippen molar-refractivity contribution in [2.75, 3.05) is 5.73 Å². The number of nitrogen functional groups attached to an aromatic ring is 1. The zero-order valence-corrected chi connectivity index (χ0v) is 11.0. The van der Waals surface area contributed by atoms with Gasteiger partial charge in [-0.3, -0.25) is 9.89 Å². The number of pyridine rings is 1. The number of hydrogen-bond donors (Lipinski definition) is 2. The predicted octanol–water partition coefficient (Wildman–Crippen LogP) is 2.11. The highest BCUT2D eigenvalue weighted by atomic mass is 16.1. The maximum Gasteiger partial charge on any atom is 0.296 e. The minimum atomic E-state index is -0.194. The molecule has 2 heterocycles. The van der Waals surface area contributed by atoms with Gasteiger partial charge in [-0.15, -0.1) is 0 Å². The molecule has 0 bridgehead atoms. The number of anilines is 1. The van der Waals surface area contributed by atoms with Crippen LogP contribution in [0.3, 0.4) is 0 Å². The molecule has 0 saturated heterocycles. The molecule has 0 spiro atoms. The number of nitrogens with zero attached hydrogens (tertiary/aromatic N) is 2. The Labute approximate surface area is 111 Å². The van der Waals surface area contributed by atoms with Gasteiger partial charge in [-0.1, -0.05) is 12.8 Å². The van der Waals surface area contributed by atoms with Gasteiger partial charge in [0.05, 0.1) is 5.69 Å². The first-order chi connectivity index (χ1) is 9.16. The number of aryl methyl sites for hydroxylation is 1. The zero-order valence-electron chi connectivity index (χ0n) is 11.0. The predicted molar refractivity (Wildman–Crippen MR) is 74.5 cm³/mol. The van der Waals surface area contributed by atoms with Crippen LogP contribution in [0.5, 0.6) is 0 Å². The summed E-state index contributed by atoms with van der Waals surface area (Å²) in [5.41, 5.74) is 8.06. The topological polar surface area (TPSA) is 76.7 Å². The lowest BCUT2D eigenvalue weighted by atomic mass is 10.0. The molecule has 0 atom stereocenters. The number of hydrogen-bond acceptors (Lipinski definition) is 3. The Balaban J connectivity index is 2.08. The summed E-state index contributed by atoms with van der Waals surface area (Å²) in [4.78, 5) is 16.5. The molecule has 3 N–H and O–H groups in total. The molecule has 0 aliphatic heterocycles. The Hall–Kier alpha value is -2.04. The summed E-state index contributed by atoms with van der Waals surface area (Å²) in [7, 11) is 0. The van der Waals surface area contributed by atoms with E-state index in [9.17, 15) is 4.79 Å². The highest BCUT2D eigenvalue weighted by molar-refractivity contribution is 5.45. The Morgan fingerprint density at radius 2 is 2.16 bits per heavy atom. The van der Waals surface area contributed by atoms with Crippen LogP contribution in [0, 0.1) is 6.92 Å². The summed E-state index contributed by atoms with van der Waals surface area (Å²) in [6, 6.07) is 3.77. The largest absolute Gasteiger partial charge is 0.393 e. The molecule has 3 rings (SSSR count). The van der Waals surface area contributed by atoms with Gasteiger partial charge in [0.25, 0.3) is 5.56 Å². The molecule has 5 nitrogen and oxygen atoms in total. The van der Waals surface area contributed by atoms with Crippen molar-refractivity contribution >= 4 is 5.69 Å². The molecule has 1 aliphatic rings. The van der Waals surface area contributed by atoms with E-state index in [1.807, 2.05) is 19.1 Å². The molecule has 0 radical (unpaired) electrons. The molecule has 1 aliphatic carbocycles. The van der Waals surface area contributed by atoms with Crippen molar-refractivity contribution in [1.29, 1.82) is 0 Å². The standard InChI is InChI=1S/C14H18N4O/c1-9-6-7-16-11(8-9)18-14(19)12(15)13(17-18)10-4-2-3-5-10/h6-8,10,17H,2-5,15H2,1H3. The molecule has 19 heavy (non-hydrogen) atoms. The maximum absolute atomic E-state index is 12.2. The van der Waals surface area contributed by atoms with E-state index in [0.717, 1.165) is 24.1 Å². The first kappa shape index (κ1) is 12.0. The Kier molecular flexibility index (Phi) is 2.89. The van der Waals surface area contributed by atoms with Crippen molar-refractivity contribution in [2.45, 2.75) is 38.5 Å². The van der Waals surface area contributed by atoms with E-state index in [2.05, 4.69) is 10.1 Å². The number of rotatable bonds is 2. The van der Waals surface area contributed by atoms with Crippen molar-refractivity contribution in [3.63, 3.8) is 0 Å². The van der Waals surface area contributed by atoms with Crippen LogP contribution in [0.2, 0.25) is 0 Å². The van der Waals surface area contributed by atoms with Gasteiger partial charge >= 0.3 is 0 Å². The van der Waals surface area contributed by atoms with Crippen LogP contribution < -0.4 is 11.3 Å². The van der Waals surface area contributed by atoms with E-state index in [-0.39, 0.29) is 5.56 Å². The summed E-state index contributed by atoms with van der Waals surface area (Å²) in [5.74, 6) is 0.986. The molecular formula is C14H18N4O. The molecule has 1 saturated carbocycles. The van der Waals surface area contributed by atoms with Crippen LogP contribution in [-0.4, -0.2) is 14.8 Å². The fraction of sp³-hybridized carbons (Fsp3) is 0.429. The lowest BCUT2D eigenvalue weighted by Crippen LogP contribution is -2.17. The van der Waals surface area contributed by atoms with Gasteiger partial charge in [0.15, 0.2) is 5.82 Å². The summed E-state index contributed by atoms with van der Waals surface area (Å²) in [6.45, 7) is 1.97. The van der Waals surface area contributed by atoms with Crippen LogP contribution in [0.15, 0.2) is 23.1 Å². The van der Waals surface area contributed by atoms with Crippen molar-refractivity contribution < 1.29 is 0 Å². The fourth-order valence-electron chi connectivity index (χ4n) is 2.80. The number of H-pyrrole nitrogens is 1. The van der Waals surface area contributed by atoms with E-state index < -0.39 is 0 Å². The normalized spacial score (nSPS) is 16.1. The lowest BCUT2D eigenvalue weighted by molar-refractivity contribution is 0.674. The van der Waals surface area contributed by atoms with E-state index in [0.29, 0.717) is 17.4 Å². The highest BCUT2D eigenvalue weighted by Gasteiger charge is 2.24. The molecule has 0 aromatic carbocycles. The smallest absolute Gasteiger partial charge is 0.296 e. The van der Waals surface area contributed by atoms with Crippen LogP contribution in [0.25, 0.3) is 5.82 Å². The summed E-state index contributed by atoms with van der Waals surface area (Å²) < 4.78 is 1.45. The van der Waals surface area contributed by atoms with Gasteiger partial charge in [-0.25, -0.2) is 4.98 Å². The first-order valence-corrected chi connectivity index (χ1v) is 6.70. The third kappa shape index (κ3) is 2.05. The molecule has 100 valence electrons. The first-order valence-electron chi connectivity index (χ1n) is 6.70. The number of aromatic nitrogens is 3. The van der Waals surface area contributed by atoms with E-state index >= 15 is 0 Å². The average Bonchev–Trinajstić information content (AvgIpc) is 3.00. The number of nitrogens with two attached hydrogens (primary N) is 1. The molecule has 0 unspecified atom stereocenters. The monoisotopic (exact) mass is 258 g/mol. The summed E-state index contributed by atoms with van der Waals surface area (Å²) in [6.07, 6.45) is 6.32. The third-order valence-electron chi connectivity index (χ3n) is 3.85. The average molecular weight is 258 g/mol. The Morgan fingerprint density at radius 3 is 2.84 bits per heavy atom. The summed E-state index contributed by atoms with van der Waals surface area (Å²) >= 11 is 0. The quantitative estimate of drug-likeness (QED) is 0.866. The van der Waals surface area contributed by atoms with Gasteiger partial charge < -0.3 is 5.73 Å². The van der Waals surface area contributed by atoms with Gasteiger partial charge in [0.1, 0.15) is 5.69 Å². The van der Waals surface area contributed by atoms with Crippen LogP contribution in [0.1, 0.15) is 42.9 Å². The van der Waals surface area contributed by atoms with Gasteiger partial charge in [-0.05, 0) is 37.5 Å². The van der Waals surface area contributed by atoms with E-state index in [1.54, 1.807) is 6.20 Å². The molecule has 5 heteroatoms. The molecular weight excluding hydrogens is 240 g/mol. The van der Waals surface area contributed by atoms with Crippen molar-refractivity contribution in [1.82, 2.24) is 14.8 Å². The fourth-order valence-corrected chi connectivity index (χ4v) is 2.80. The Bertz CT molecular complexity index is 650. The minimum absolute atomic E-state index is 0.194. The van der Waals surface area contributed by atoms with Gasteiger partial charge in [0.2, 0.25) is 0 Å². The van der Waals surface area contributed by atoms with E-state index in [4.69, 9.17) is 5.73 Å². The minimum Gasteiger partial charge on any atom is -0.393 e. The van der Waals surface area contributed by atoms with E-state index in [1.165, 1.54) is 17.5 Å². The van der Waals surface area contributed by atoms with Gasteiger partial charge in [-0.2, -0.15) is 4.68 Å². The maximum atomic E-state index is 12.2. The summed E-state index contributed by atoms with van der Waals surface area (Å²) in [5, 5.41) is 3.15. The second-order valence-electron chi connectivity index (χ2n) is 5.25. The van der Waals surface area contributed by atoms with Crippen LogP contribution in [-0.2, 0) is 0 Å². The SMILES string of the molecule is Cc1ccnc(-n2[nH]c(C3CCCC3)c(N)c2=O)c1. The van der Waals surface area contributed by atoms with Crippen LogP contribution >= 0.6 is 0 Å². The molecule has 2 aromatic heterocycles. The number of aromatic amines is 1. The zero-order chi connectivity index (χ0) is 13.4. The Morgan fingerprint density at radius 1 is 1.42 bits per heavy atom. The third-order valence-corrected chi connectivity index (χ3v) is 3.85. The highest BCUT2D eigenvalue weighted by Crippen LogP contribution is 2.34. The molecule has 0 amide bonds. The second-order valence-corrected chi connectivity index (χ2v) is 5.25. The van der Waals surface area contributed by atoms with Crippen LogP contribution in [0.4, 0.5) is 5.69 Å². The molecule has 2 aromatic rings. The lowest BCUT2D eigenvalue weighted by Gasteiger charge is -2.07. The van der Waals surface area contributed by atoms with Crippen molar-refractivity contribution in [3.05, 3.63) is 39.9 Å². The van der Waals surface area contributed by atoms with Gasteiger partial charge in [0, 0.05) is 12.1 Å². The number of nitrogens with one attached hydrogen (secondary N) is 1.